The summed E-state index contributed by atoms with van der Waals surface area (Å²) in [6.07, 6.45) is 0. The van der Waals surface area contributed by atoms with E-state index >= 15 is 0 Å². The average molecular weight is 313 g/mol. The van der Waals surface area contributed by atoms with Gasteiger partial charge in [0.2, 0.25) is 5.91 Å². The molecule has 3 N–H and O–H groups in total. The summed E-state index contributed by atoms with van der Waals surface area (Å²) in [4.78, 5) is 23.8. The van der Waals surface area contributed by atoms with Gasteiger partial charge in [-0.2, -0.15) is 0 Å². The molecule has 1 aromatic heterocycles. The number of nitrogens with two attached hydrogens (primary N) is 1. The zero-order chi connectivity index (χ0) is 14.7. The summed E-state index contributed by atoms with van der Waals surface area (Å²) in [6, 6.07) is 7.28. The fourth-order valence-electron chi connectivity index (χ4n) is 1.61. The van der Waals surface area contributed by atoms with E-state index in [9.17, 15) is 14.0 Å². The maximum atomic E-state index is 12.9. The third-order valence-electron chi connectivity index (χ3n) is 2.56. The standard InChI is InChI=1S/C13H10ClFN2O2S/c14-10-6-5-9(20-10)13(19)17-11(12(16)18)7-1-3-8(15)4-2-7/h1-6,11H,(H2,16,18)(H,17,19)/t11-/m1/s1. The van der Waals surface area contributed by atoms with Gasteiger partial charge in [-0.1, -0.05) is 23.7 Å². The molecule has 20 heavy (non-hydrogen) atoms. The van der Waals surface area contributed by atoms with Gasteiger partial charge in [0.05, 0.1) is 9.21 Å². The van der Waals surface area contributed by atoms with E-state index in [1.165, 1.54) is 24.3 Å². The Morgan fingerprint density at radius 1 is 1.20 bits per heavy atom. The van der Waals surface area contributed by atoms with Gasteiger partial charge in [-0.3, -0.25) is 9.59 Å². The zero-order valence-corrected chi connectivity index (χ0v) is 11.7. The van der Waals surface area contributed by atoms with Crippen LogP contribution in [0.2, 0.25) is 4.34 Å². The van der Waals surface area contributed by atoms with E-state index in [0.717, 1.165) is 11.3 Å². The van der Waals surface area contributed by atoms with E-state index in [2.05, 4.69) is 5.32 Å². The Bertz CT molecular complexity index is 642. The van der Waals surface area contributed by atoms with Crippen LogP contribution in [0.15, 0.2) is 36.4 Å². The van der Waals surface area contributed by atoms with Gasteiger partial charge in [-0.15, -0.1) is 11.3 Å². The predicted octanol–water partition coefficient (Wildman–Crippen LogP) is 2.50. The normalized spacial score (nSPS) is 11.9. The van der Waals surface area contributed by atoms with Crippen LogP contribution in [0, 0.1) is 5.82 Å². The summed E-state index contributed by atoms with van der Waals surface area (Å²) in [7, 11) is 0. The maximum Gasteiger partial charge on any atom is 0.262 e. The number of hydrogen-bond acceptors (Lipinski definition) is 3. The van der Waals surface area contributed by atoms with E-state index in [0.29, 0.717) is 14.8 Å². The highest BCUT2D eigenvalue weighted by Gasteiger charge is 2.21. The van der Waals surface area contributed by atoms with Crippen molar-refractivity contribution in [2.24, 2.45) is 5.73 Å². The van der Waals surface area contributed by atoms with Gasteiger partial charge in [0.25, 0.3) is 5.91 Å². The van der Waals surface area contributed by atoms with Gasteiger partial charge in [-0.25, -0.2) is 4.39 Å². The number of benzene rings is 1. The van der Waals surface area contributed by atoms with Crippen molar-refractivity contribution in [3.63, 3.8) is 0 Å². The molecule has 0 aliphatic heterocycles. The Morgan fingerprint density at radius 2 is 1.85 bits per heavy atom. The van der Waals surface area contributed by atoms with Crippen molar-refractivity contribution in [1.29, 1.82) is 0 Å². The first-order valence-electron chi connectivity index (χ1n) is 5.58. The topological polar surface area (TPSA) is 72.2 Å². The summed E-state index contributed by atoms with van der Waals surface area (Å²) in [5, 5.41) is 2.50. The van der Waals surface area contributed by atoms with Crippen LogP contribution in [0.5, 0.6) is 0 Å². The molecule has 1 atom stereocenters. The molecule has 0 saturated carbocycles. The van der Waals surface area contributed by atoms with Crippen molar-refractivity contribution in [3.8, 4) is 0 Å². The highest BCUT2D eigenvalue weighted by atomic mass is 35.5. The average Bonchev–Trinajstić information content (AvgIpc) is 2.83. The molecular weight excluding hydrogens is 303 g/mol. The fourth-order valence-corrected chi connectivity index (χ4v) is 2.56. The largest absolute Gasteiger partial charge is 0.368 e. The van der Waals surface area contributed by atoms with Crippen LogP contribution in [0.25, 0.3) is 0 Å². The first-order chi connectivity index (χ1) is 9.47. The number of halogens is 2. The SMILES string of the molecule is NC(=O)[C@H](NC(=O)c1ccc(Cl)s1)c1ccc(F)cc1. The second kappa shape index (κ2) is 6.02. The van der Waals surface area contributed by atoms with E-state index in [4.69, 9.17) is 17.3 Å². The lowest BCUT2D eigenvalue weighted by Gasteiger charge is -2.15. The molecule has 0 aliphatic rings. The Labute approximate surface area is 123 Å². The van der Waals surface area contributed by atoms with E-state index in [1.807, 2.05) is 0 Å². The van der Waals surface area contributed by atoms with Crippen LogP contribution in [-0.4, -0.2) is 11.8 Å². The highest BCUT2D eigenvalue weighted by molar-refractivity contribution is 7.18. The van der Waals surface area contributed by atoms with Crippen LogP contribution in [0.1, 0.15) is 21.3 Å². The number of amides is 2. The monoisotopic (exact) mass is 312 g/mol. The van der Waals surface area contributed by atoms with E-state index in [-0.39, 0.29) is 0 Å². The summed E-state index contributed by atoms with van der Waals surface area (Å²) in [5.41, 5.74) is 5.68. The number of rotatable bonds is 4. The molecule has 2 rings (SSSR count). The van der Waals surface area contributed by atoms with Crippen LogP contribution in [0.3, 0.4) is 0 Å². The molecule has 7 heteroatoms. The molecule has 0 spiro atoms. The minimum Gasteiger partial charge on any atom is -0.368 e. The smallest absolute Gasteiger partial charge is 0.262 e. The second-order valence-electron chi connectivity index (χ2n) is 3.96. The number of carbonyl (C=O) groups excluding carboxylic acids is 2. The molecule has 0 unspecified atom stereocenters. The van der Waals surface area contributed by atoms with Crippen LogP contribution < -0.4 is 11.1 Å². The lowest BCUT2D eigenvalue weighted by Crippen LogP contribution is -2.37. The van der Waals surface area contributed by atoms with E-state index in [1.54, 1.807) is 12.1 Å². The van der Waals surface area contributed by atoms with Gasteiger partial charge in [0.15, 0.2) is 0 Å². The van der Waals surface area contributed by atoms with Crippen molar-refractivity contribution in [3.05, 3.63) is 57.0 Å². The summed E-state index contributed by atoms with van der Waals surface area (Å²) in [6.45, 7) is 0. The Hall–Kier alpha value is -1.92. The van der Waals surface area contributed by atoms with Crippen LogP contribution in [0.4, 0.5) is 4.39 Å². The van der Waals surface area contributed by atoms with Crippen molar-refractivity contribution >= 4 is 34.8 Å². The summed E-state index contributed by atoms with van der Waals surface area (Å²) >= 11 is 6.83. The molecule has 4 nitrogen and oxygen atoms in total. The molecule has 0 fully saturated rings. The number of hydrogen-bond donors (Lipinski definition) is 2. The molecule has 2 aromatic rings. The molecule has 1 heterocycles. The van der Waals surface area contributed by atoms with Crippen molar-refractivity contribution < 1.29 is 14.0 Å². The van der Waals surface area contributed by atoms with Gasteiger partial charge >= 0.3 is 0 Å². The number of carbonyl (C=O) groups is 2. The molecule has 104 valence electrons. The van der Waals surface area contributed by atoms with E-state index < -0.39 is 23.7 Å². The van der Waals surface area contributed by atoms with Gasteiger partial charge < -0.3 is 11.1 Å². The summed E-state index contributed by atoms with van der Waals surface area (Å²) < 4.78 is 13.3. The molecule has 1 aromatic carbocycles. The molecule has 0 saturated heterocycles. The Kier molecular flexibility index (Phi) is 4.36. The molecule has 0 aliphatic carbocycles. The predicted molar refractivity (Wildman–Crippen MR) is 75.1 cm³/mol. The van der Waals surface area contributed by atoms with Crippen LogP contribution in [-0.2, 0) is 4.79 Å². The third kappa shape index (κ3) is 3.34. The lowest BCUT2D eigenvalue weighted by atomic mass is 10.1. The first kappa shape index (κ1) is 14.5. The van der Waals surface area contributed by atoms with Gasteiger partial charge in [0, 0.05) is 0 Å². The van der Waals surface area contributed by atoms with Crippen LogP contribution >= 0.6 is 22.9 Å². The van der Waals surface area contributed by atoms with Gasteiger partial charge in [0.1, 0.15) is 11.9 Å². The Morgan fingerprint density at radius 3 is 2.35 bits per heavy atom. The highest BCUT2D eigenvalue weighted by Crippen LogP contribution is 2.22. The third-order valence-corrected chi connectivity index (χ3v) is 3.79. The fraction of sp³-hybridized carbons (Fsp3) is 0.0769. The zero-order valence-electron chi connectivity index (χ0n) is 10.1. The lowest BCUT2D eigenvalue weighted by molar-refractivity contribution is -0.120. The minimum absolute atomic E-state index is 0.364. The Balaban J connectivity index is 2.20. The quantitative estimate of drug-likeness (QED) is 0.910. The van der Waals surface area contributed by atoms with Crippen molar-refractivity contribution in [2.45, 2.75) is 6.04 Å². The summed E-state index contributed by atoms with van der Waals surface area (Å²) in [5.74, 6) is -1.63. The minimum atomic E-state index is -1.02. The molecule has 0 bridgehead atoms. The molecule has 0 radical (unpaired) electrons. The molecule has 2 amide bonds. The maximum absolute atomic E-state index is 12.9. The number of nitrogens with one attached hydrogen (secondary N) is 1. The van der Waals surface area contributed by atoms with Gasteiger partial charge in [-0.05, 0) is 29.8 Å². The van der Waals surface area contributed by atoms with Crippen molar-refractivity contribution in [1.82, 2.24) is 5.32 Å². The number of primary amides is 1. The second-order valence-corrected chi connectivity index (χ2v) is 5.68. The molecular formula is C13H10ClFN2O2S. The van der Waals surface area contributed by atoms with Crippen molar-refractivity contribution in [2.75, 3.05) is 0 Å². The number of thiophene rings is 1. The first-order valence-corrected chi connectivity index (χ1v) is 6.78.